The third-order valence-electron chi connectivity index (χ3n) is 7.63. The summed E-state index contributed by atoms with van der Waals surface area (Å²) in [5.74, 6) is -1.59. The minimum absolute atomic E-state index is 0.00112. The summed E-state index contributed by atoms with van der Waals surface area (Å²) in [7, 11) is 0. The van der Waals surface area contributed by atoms with Gasteiger partial charge in [-0.15, -0.1) is 0 Å². The van der Waals surface area contributed by atoms with Crippen LogP contribution in [0.4, 0.5) is 0 Å². The number of ether oxygens (including phenoxy) is 1. The van der Waals surface area contributed by atoms with Gasteiger partial charge in [-0.1, -0.05) is 91.4 Å². The number of amides is 2. The lowest BCUT2D eigenvalue weighted by molar-refractivity contribution is -0.146. The number of thioether (sulfide) groups is 2. The van der Waals surface area contributed by atoms with E-state index in [9.17, 15) is 24.0 Å². The van der Waals surface area contributed by atoms with Crippen LogP contribution >= 0.6 is 35.1 Å². The SMILES string of the molecule is CCOC(=O)C(CSC(=O)C(CSC(=O)Cc1c(-c2ccc(Cl)cc2)c(-c2ccccc2)c2n1CC(C)(C)C2)NC(C)=O)NC(C)=O. The summed E-state index contributed by atoms with van der Waals surface area (Å²) in [6.07, 6.45) is 0.959. The molecule has 0 spiro atoms. The van der Waals surface area contributed by atoms with E-state index in [0.717, 1.165) is 64.4 Å². The van der Waals surface area contributed by atoms with Crippen LogP contribution in [0.1, 0.15) is 46.0 Å². The summed E-state index contributed by atoms with van der Waals surface area (Å²) in [4.78, 5) is 62.8. The van der Waals surface area contributed by atoms with Crippen LogP contribution in [-0.4, -0.2) is 62.8 Å². The highest BCUT2D eigenvalue weighted by molar-refractivity contribution is 8.15. The summed E-state index contributed by atoms with van der Waals surface area (Å²) in [5.41, 5.74) is 6.19. The van der Waals surface area contributed by atoms with Gasteiger partial charge in [0.25, 0.3) is 0 Å². The Morgan fingerprint density at radius 3 is 2.09 bits per heavy atom. The number of benzene rings is 2. The van der Waals surface area contributed by atoms with E-state index in [0.29, 0.717) is 5.02 Å². The molecule has 47 heavy (non-hydrogen) atoms. The molecule has 0 radical (unpaired) electrons. The van der Waals surface area contributed by atoms with Crippen LogP contribution in [0, 0.1) is 5.41 Å². The Kier molecular flexibility index (Phi) is 12.4. The number of hydrogen-bond donors (Lipinski definition) is 2. The molecule has 2 aromatic carbocycles. The van der Waals surface area contributed by atoms with Crippen LogP contribution < -0.4 is 10.6 Å². The molecule has 2 amide bonds. The van der Waals surface area contributed by atoms with Crippen molar-refractivity contribution < 1.29 is 28.7 Å². The first-order valence-corrected chi connectivity index (χ1v) is 17.7. The largest absolute Gasteiger partial charge is 0.464 e. The van der Waals surface area contributed by atoms with E-state index in [-0.39, 0.29) is 35.1 Å². The number of rotatable bonds is 13. The molecule has 250 valence electrons. The highest BCUT2D eigenvalue weighted by Crippen LogP contribution is 2.47. The van der Waals surface area contributed by atoms with Crippen molar-refractivity contribution in [2.75, 3.05) is 18.1 Å². The Balaban J connectivity index is 1.59. The average molecular weight is 698 g/mol. The Morgan fingerprint density at radius 1 is 0.872 bits per heavy atom. The topological polar surface area (TPSA) is 124 Å². The van der Waals surface area contributed by atoms with Gasteiger partial charge in [0.15, 0.2) is 5.12 Å². The minimum atomic E-state index is -1.03. The van der Waals surface area contributed by atoms with Crippen molar-refractivity contribution >= 4 is 63.1 Å². The summed E-state index contributed by atoms with van der Waals surface area (Å²) >= 11 is 8.03. The minimum Gasteiger partial charge on any atom is -0.464 e. The Bertz CT molecular complexity index is 1640. The normalized spacial score (nSPS) is 14.5. The maximum absolute atomic E-state index is 13.7. The van der Waals surface area contributed by atoms with Crippen molar-refractivity contribution in [1.82, 2.24) is 15.2 Å². The molecule has 2 unspecified atom stereocenters. The van der Waals surface area contributed by atoms with E-state index in [1.54, 1.807) is 6.92 Å². The number of carbonyl (C=O) groups is 5. The van der Waals surface area contributed by atoms with E-state index in [1.807, 2.05) is 42.5 Å². The fourth-order valence-electron chi connectivity index (χ4n) is 5.76. The molecule has 4 rings (SSSR count). The summed E-state index contributed by atoms with van der Waals surface area (Å²) in [5, 5.41) is 5.17. The zero-order chi connectivity index (χ0) is 34.3. The van der Waals surface area contributed by atoms with Crippen molar-refractivity contribution in [2.45, 2.75) is 66.1 Å². The molecule has 0 fully saturated rings. The molecule has 0 aliphatic carbocycles. The van der Waals surface area contributed by atoms with Gasteiger partial charge in [0, 0.05) is 59.4 Å². The molecule has 0 saturated heterocycles. The lowest BCUT2D eigenvalue weighted by atomic mass is 9.86. The molecule has 12 heteroatoms. The van der Waals surface area contributed by atoms with Gasteiger partial charge in [-0.3, -0.25) is 19.2 Å². The van der Waals surface area contributed by atoms with Crippen LogP contribution in [0.3, 0.4) is 0 Å². The number of esters is 1. The summed E-state index contributed by atoms with van der Waals surface area (Å²) in [6.45, 7) is 9.52. The molecule has 0 bridgehead atoms. The molecular weight excluding hydrogens is 658 g/mol. The first-order valence-electron chi connectivity index (χ1n) is 15.4. The van der Waals surface area contributed by atoms with Crippen molar-refractivity contribution in [1.29, 1.82) is 0 Å². The second-order valence-corrected chi connectivity index (χ2v) is 14.7. The first-order chi connectivity index (χ1) is 22.3. The molecule has 1 aliphatic heterocycles. The van der Waals surface area contributed by atoms with Gasteiger partial charge in [0.2, 0.25) is 16.9 Å². The van der Waals surface area contributed by atoms with Crippen molar-refractivity contribution in [2.24, 2.45) is 5.41 Å². The molecule has 1 aromatic heterocycles. The predicted molar refractivity (Wildman–Crippen MR) is 188 cm³/mol. The first kappa shape index (κ1) is 36.3. The summed E-state index contributed by atoms with van der Waals surface area (Å²) in [6, 6.07) is 15.8. The number of nitrogens with one attached hydrogen (secondary N) is 2. The van der Waals surface area contributed by atoms with Crippen molar-refractivity contribution in [3.05, 3.63) is 71.0 Å². The second kappa shape index (κ2) is 16.0. The maximum Gasteiger partial charge on any atom is 0.329 e. The Morgan fingerprint density at radius 2 is 1.47 bits per heavy atom. The van der Waals surface area contributed by atoms with Crippen LogP contribution in [0.15, 0.2) is 54.6 Å². The molecule has 2 heterocycles. The number of hydrogen-bond acceptors (Lipinski definition) is 8. The standard InChI is InChI=1S/C35H40ClN3O6S2/c1-6-45-33(43)26(37-21(2)40)18-47-34(44)27(38-22(3)41)19-46-30(42)16-28-31(24-12-14-25(36)15-13-24)32(23-10-8-7-9-11-23)29-17-35(4,5)20-39(28)29/h7-15,26-27H,6,16-20H2,1-5H3,(H,37,40)(H,38,41). The smallest absolute Gasteiger partial charge is 0.329 e. The lowest BCUT2D eigenvalue weighted by Crippen LogP contribution is -2.44. The number of halogens is 1. The maximum atomic E-state index is 13.7. The second-order valence-electron chi connectivity index (χ2n) is 12.2. The molecule has 1 aliphatic rings. The van der Waals surface area contributed by atoms with Gasteiger partial charge in [0.05, 0.1) is 13.0 Å². The molecule has 2 atom stereocenters. The van der Waals surface area contributed by atoms with Crippen molar-refractivity contribution in [3.8, 4) is 22.3 Å². The highest BCUT2D eigenvalue weighted by atomic mass is 35.5. The van der Waals surface area contributed by atoms with Gasteiger partial charge >= 0.3 is 5.97 Å². The van der Waals surface area contributed by atoms with Crippen molar-refractivity contribution in [3.63, 3.8) is 0 Å². The molecule has 2 N–H and O–H groups in total. The van der Waals surface area contributed by atoms with Gasteiger partial charge < -0.3 is 19.9 Å². The third-order valence-corrected chi connectivity index (χ3v) is 9.92. The summed E-state index contributed by atoms with van der Waals surface area (Å²) < 4.78 is 7.29. The van der Waals surface area contributed by atoms with Crippen LogP contribution in [0.5, 0.6) is 0 Å². The van der Waals surface area contributed by atoms with Crippen LogP contribution in [0.2, 0.25) is 5.02 Å². The van der Waals surface area contributed by atoms with Gasteiger partial charge in [-0.25, -0.2) is 4.79 Å². The van der Waals surface area contributed by atoms with E-state index in [1.165, 1.54) is 19.5 Å². The molecular formula is C35H40ClN3O6S2. The van der Waals surface area contributed by atoms with E-state index < -0.39 is 35.0 Å². The van der Waals surface area contributed by atoms with E-state index >= 15 is 0 Å². The van der Waals surface area contributed by atoms with Gasteiger partial charge in [-0.2, -0.15) is 0 Å². The van der Waals surface area contributed by atoms with Gasteiger partial charge in [-0.05, 0) is 42.0 Å². The lowest BCUT2D eigenvalue weighted by Gasteiger charge is -2.20. The van der Waals surface area contributed by atoms with Crippen LogP contribution in [0.25, 0.3) is 22.3 Å². The molecule has 9 nitrogen and oxygen atoms in total. The Hall–Kier alpha value is -3.54. The fourth-order valence-corrected chi connectivity index (χ4v) is 7.71. The van der Waals surface area contributed by atoms with Gasteiger partial charge in [0.1, 0.15) is 12.1 Å². The van der Waals surface area contributed by atoms with E-state index in [4.69, 9.17) is 16.3 Å². The fraction of sp³-hybridized carbons (Fsp3) is 0.400. The number of aromatic nitrogens is 1. The number of carbonyl (C=O) groups excluding carboxylic acids is 5. The Labute approximate surface area is 288 Å². The average Bonchev–Trinajstić information content (AvgIpc) is 3.47. The van der Waals surface area contributed by atoms with Crippen LogP contribution in [-0.2, 0) is 48.1 Å². The number of fused-ring (bicyclic) bond motifs is 1. The predicted octanol–water partition coefficient (Wildman–Crippen LogP) is 5.69. The highest BCUT2D eigenvalue weighted by Gasteiger charge is 2.37. The van der Waals surface area contributed by atoms with E-state index in [2.05, 4.69) is 41.2 Å². The number of nitrogens with zero attached hydrogens (tertiary/aromatic N) is 1. The monoisotopic (exact) mass is 697 g/mol. The third kappa shape index (κ3) is 9.52. The molecule has 3 aromatic rings. The zero-order valence-corrected chi connectivity index (χ0v) is 29.6. The molecule has 0 saturated carbocycles. The zero-order valence-electron chi connectivity index (χ0n) is 27.2. The quantitative estimate of drug-likeness (QED) is 0.219.